The average Bonchev–Trinajstić information content (AvgIpc) is 3.35. The van der Waals surface area contributed by atoms with Gasteiger partial charge in [0.25, 0.3) is 0 Å². The van der Waals surface area contributed by atoms with Gasteiger partial charge in [-0.2, -0.15) is 0 Å². The lowest BCUT2D eigenvalue weighted by molar-refractivity contribution is -0.143. The second-order valence-electron chi connectivity index (χ2n) is 21.4. The molecule has 0 bridgehead atoms. The number of rotatable bonds is 58. The van der Waals surface area contributed by atoms with E-state index in [1.54, 1.807) is 6.08 Å². The number of ether oxygens (including phenoxy) is 1. The molecule has 0 aromatic heterocycles. The van der Waals surface area contributed by atoms with Gasteiger partial charge in [0.15, 0.2) is 0 Å². The molecule has 0 aliphatic heterocycles. The van der Waals surface area contributed by atoms with Crippen LogP contribution in [0.25, 0.3) is 0 Å². The van der Waals surface area contributed by atoms with Crippen LogP contribution < -0.4 is 5.32 Å². The molecule has 0 heterocycles. The molecule has 0 saturated carbocycles. The molecule has 0 spiro atoms. The van der Waals surface area contributed by atoms with Gasteiger partial charge >= 0.3 is 5.97 Å². The van der Waals surface area contributed by atoms with Crippen LogP contribution >= 0.6 is 0 Å². The van der Waals surface area contributed by atoms with Crippen LogP contribution in [0.5, 0.6) is 0 Å². The van der Waals surface area contributed by atoms with E-state index < -0.39 is 12.1 Å². The number of nitrogens with one attached hydrogen (secondary N) is 1. The summed E-state index contributed by atoms with van der Waals surface area (Å²) in [5, 5.41) is 23.2. The van der Waals surface area contributed by atoms with E-state index in [2.05, 4.69) is 31.3 Å². The van der Waals surface area contributed by atoms with Crippen LogP contribution in [-0.4, -0.2) is 47.4 Å². The van der Waals surface area contributed by atoms with Crippen molar-refractivity contribution in [2.75, 3.05) is 13.2 Å². The Morgan fingerprint density at radius 1 is 0.391 bits per heavy atom. The summed E-state index contributed by atoms with van der Waals surface area (Å²) in [7, 11) is 0. The molecule has 0 aliphatic rings. The van der Waals surface area contributed by atoms with Crippen LogP contribution in [0.3, 0.4) is 0 Å². The second kappa shape index (κ2) is 58.9. The van der Waals surface area contributed by atoms with Gasteiger partial charge in [0, 0.05) is 12.8 Å². The molecule has 6 nitrogen and oxygen atoms in total. The number of carbonyl (C=O) groups excluding carboxylic acids is 2. The van der Waals surface area contributed by atoms with Crippen LogP contribution in [0, 0.1) is 0 Å². The number of amides is 1. The lowest BCUT2D eigenvalue weighted by Gasteiger charge is -2.20. The van der Waals surface area contributed by atoms with Crippen molar-refractivity contribution < 1.29 is 24.5 Å². The summed E-state index contributed by atoms with van der Waals surface area (Å²) in [6.45, 7) is 4.91. The fraction of sp³-hybridized carbons (Fsp3) is 0.905. The lowest BCUT2D eigenvalue weighted by atomic mass is 10.0. The molecule has 3 N–H and O–H groups in total. The highest BCUT2D eigenvalue weighted by Gasteiger charge is 2.18. The summed E-state index contributed by atoms with van der Waals surface area (Å²) in [6, 6.07) is -0.638. The molecule has 1 amide bonds. The zero-order valence-corrected chi connectivity index (χ0v) is 46.6. The number of hydrogen-bond donors (Lipinski definition) is 3. The van der Waals surface area contributed by atoms with Crippen molar-refractivity contribution in [3.63, 3.8) is 0 Å². The van der Waals surface area contributed by atoms with Gasteiger partial charge in [-0.15, -0.1) is 0 Å². The third-order valence-electron chi connectivity index (χ3n) is 14.5. The highest BCUT2D eigenvalue weighted by atomic mass is 16.5. The molecular weight excluding hydrogens is 851 g/mol. The van der Waals surface area contributed by atoms with E-state index in [-0.39, 0.29) is 18.5 Å². The average molecular weight is 973 g/mol. The largest absolute Gasteiger partial charge is 0.466 e. The first kappa shape index (κ1) is 67.3. The summed E-state index contributed by atoms with van der Waals surface area (Å²) in [4.78, 5) is 24.5. The Balaban J connectivity index is 3.48. The van der Waals surface area contributed by atoms with Crippen LogP contribution in [0.15, 0.2) is 24.3 Å². The number of allylic oxidation sites excluding steroid dienone is 3. The van der Waals surface area contributed by atoms with E-state index in [1.807, 2.05) is 6.08 Å². The Labute approximate surface area is 431 Å². The number of aliphatic hydroxyl groups excluding tert-OH is 2. The smallest absolute Gasteiger partial charge is 0.305 e. The fourth-order valence-electron chi connectivity index (χ4n) is 9.69. The molecule has 408 valence electrons. The quantitative estimate of drug-likeness (QED) is 0.0321. The normalized spacial score (nSPS) is 12.7. The minimum atomic E-state index is -0.854. The Hall–Kier alpha value is -1.66. The molecule has 0 aliphatic carbocycles. The van der Waals surface area contributed by atoms with Gasteiger partial charge < -0.3 is 20.3 Å². The summed E-state index contributed by atoms with van der Waals surface area (Å²) in [5.74, 6) is -0.0750. The maximum atomic E-state index is 12.5. The maximum Gasteiger partial charge on any atom is 0.305 e. The first-order valence-electron chi connectivity index (χ1n) is 31.1. The summed E-state index contributed by atoms with van der Waals surface area (Å²) in [5.41, 5.74) is 0. The molecule has 6 heteroatoms. The fourth-order valence-corrected chi connectivity index (χ4v) is 9.69. The van der Waals surface area contributed by atoms with Gasteiger partial charge in [0.1, 0.15) is 0 Å². The molecule has 0 saturated heterocycles. The zero-order chi connectivity index (χ0) is 50.0. The molecule has 0 fully saturated rings. The molecule has 0 radical (unpaired) electrons. The Morgan fingerprint density at radius 3 is 1.03 bits per heavy atom. The van der Waals surface area contributed by atoms with Crippen molar-refractivity contribution in [2.24, 2.45) is 0 Å². The molecule has 0 aromatic rings. The Bertz CT molecular complexity index is 1080. The summed E-state index contributed by atoms with van der Waals surface area (Å²) in [6.07, 6.45) is 72.1. The van der Waals surface area contributed by atoms with Crippen molar-refractivity contribution >= 4 is 11.9 Å². The van der Waals surface area contributed by atoms with E-state index in [4.69, 9.17) is 4.74 Å². The van der Waals surface area contributed by atoms with Crippen LogP contribution in [0.4, 0.5) is 0 Å². The molecule has 69 heavy (non-hydrogen) atoms. The summed E-state index contributed by atoms with van der Waals surface area (Å²) < 4.78 is 5.47. The third-order valence-corrected chi connectivity index (χ3v) is 14.5. The zero-order valence-electron chi connectivity index (χ0n) is 46.6. The van der Waals surface area contributed by atoms with Gasteiger partial charge in [0.05, 0.1) is 25.4 Å². The number of carbonyl (C=O) groups is 2. The minimum absolute atomic E-state index is 0.00415. The van der Waals surface area contributed by atoms with E-state index in [9.17, 15) is 19.8 Å². The number of aliphatic hydroxyl groups is 2. The van der Waals surface area contributed by atoms with Crippen LogP contribution in [0.1, 0.15) is 341 Å². The van der Waals surface area contributed by atoms with Gasteiger partial charge in [0.2, 0.25) is 5.91 Å². The molecule has 2 atom stereocenters. The van der Waals surface area contributed by atoms with Crippen molar-refractivity contribution in [2.45, 2.75) is 353 Å². The van der Waals surface area contributed by atoms with Gasteiger partial charge in [-0.25, -0.2) is 0 Å². The molecule has 2 unspecified atom stereocenters. The van der Waals surface area contributed by atoms with E-state index >= 15 is 0 Å². The van der Waals surface area contributed by atoms with Gasteiger partial charge in [-0.3, -0.25) is 9.59 Å². The summed E-state index contributed by atoms with van der Waals surface area (Å²) >= 11 is 0. The molecule has 0 aromatic carbocycles. The van der Waals surface area contributed by atoms with Crippen molar-refractivity contribution in [1.82, 2.24) is 5.32 Å². The monoisotopic (exact) mass is 972 g/mol. The number of hydrogen-bond acceptors (Lipinski definition) is 5. The van der Waals surface area contributed by atoms with Crippen molar-refractivity contribution in [3.8, 4) is 0 Å². The topological polar surface area (TPSA) is 95.9 Å². The SMILES string of the molecule is CCCCCCCCCCCCCCCCCCCCC/C=C/C(O)C(CO)NC(=O)CCCCCCC/C=C\CCCCCCCCCCCOC(=O)CCCCCCCCCCCCCCC. The Morgan fingerprint density at radius 2 is 0.681 bits per heavy atom. The predicted octanol–water partition coefficient (Wildman–Crippen LogP) is 19.4. The minimum Gasteiger partial charge on any atom is -0.466 e. The Kier molecular flexibility index (Phi) is 57.5. The highest BCUT2D eigenvalue weighted by Crippen LogP contribution is 2.17. The van der Waals surface area contributed by atoms with Crippen LogP contribution in [-0.2, 0) is 14.3 Å². The van der Waals surface area contributed by atoms with E-state index in [1.165, 1.54) is 257 Å². The maximum absolute atomic E-state index is 12.5. The van der Waals surface area contributed by atoms with Gasteiger partial charge in [-0.1, -0.05) is 295 Å². The van der Waals surface area contributed by atoms with Crippen molar-refractivity contribution in [3.05, 3.63) is 24.3 Å². The predicted molar refractivity (Wildman–Crippen MR) is 301 cm³/mol. The van der Waals surface area contributed by atoms with Gasteiger partial charge in [-0.05, 0) is 57.8 Å². The highest BCUT2D eigenvalue weighted by molar-refractivity contribution is 5.76. The van der Waals surface area contributed by atoms with Crippen molar-refractivity contribution in [1.29, 1.82) is 0 Å². The number of unbranched alkanes of at least 4 members (excludes halogenated alkanes) is 45. The third kappa shape index (κ3) is 55.5. The lowest BCUT2D eigenvalue weighted by Crippen LogP contribution is -2.45. The number of esters is 1. The second-order valence-corrected chi connectivity index (χ2v) is 21.4. The van der Waals surface area contributed by atoms with E-state index in [0.29, 0.717) is 19.4 Å². The first-order chi connectivity index (χ1) is 34.0. The van der Waals surface area contributed by atoms with E-state index in [0.717, 1.165) is 57.8 Å². The standard InChI is InChI=1S/C63H121NO5/c1-3-5-7-9-11-13-15-17-18-19-20-21-22-25-28-32-35-39-43-47-51-55-61(66)60(59-65)64-62(67)56-52-48-44-40-36-33-29-26-23-24-27-30-34-38-42-46-50-54-58-69-63(68)57-53-49-45-41-37-31-16-14-12-10-8-6-4-2/h26,29,51,55,60-61,65-66H,3-25,27-28,30-50,52-54,56-59H2,1-2H3,(H,64,67)/b29-26-,55-51+. The molecular formula is C63H121NO5. The first-order valence-corrected chi connectivity index (χ1v) is 31.1. The van der Waals surface area contributed by atoms with Crippen LogP contribution in [0.2, 0.25) is 0 Å². The molecule has 0 rings (SSSR count).